The van der Waals surface area contributed by atoms with Crippen molar-refractivity contribution in [3.8, 4) is 11.5 Å². The molecule has 3 rings (SSSR count). The SMILES string of the molecule is O=C(c1ccc2c(c1)OCO2)N1CCN(CCO)CC1. The first kappa shape index (κ1) is 13.2. The van der Waals surface area contributed by atoms with Gasteiger partial charge in [0.2, 0.25) is 6.79 Å². The molecule has 1 N–H and O–H groups in total. The van der Waals surface area contributed by atoms with E-state index in [1.807, 2.05) is 4.90 Å². The summed E-state index contributed by atoms with van der Waals surface area (Å²) in [5.41, 5.74) is 0.629. The second kappa shape index (κ2) is 5.68. The molecule has 20 heavy (non-hydrogen) atoms. The van der Waals surface area contributed by atoms with Crippen molar-refractivity contribution < 1.29 is 19.4 Å². The molecule has 1 amide bonds. The van der Waals surface area contributed by atoms with Crippen LogP contribution < -0.4 is 9.47 Å². The molecule has 0 spiro atoms. The second-order valence-corrected chi connectivity index (χ2v) is 4.93. The summed E-state index contributed by atoms with van der Waals surface area (Å²) in [5.74, 6) is 1.34. The third kappa shape index (κ3) is 2.57. The van der Waals surface area contributed by atoms with E-state index in [0.29, 0.717) is 36.7 Å². The Kier molecular flexibility index (Phi) is 3.75. The number of ether oxygens (including phenoxy) is 2. The molecule has 0 aliphatic carbocycles. The molecule has 0 unspecified atom stereocenters. The Morgan fingerprint density at radius 2 is 1.90 bits per heavy atom. The summed E-state index contributed by atoms with van der Waals surface area (Å²) in [4.78, 5) is 16.4. The van der Waals surface area contributed by atoms with E-state index in [1.165, 1.54) is 0 Å². The van der Waals surface area contributed by atoms with E-state index in [4.69, 9.17) is 14.6 Å². The Morgan fingerprint density at radius 3 is 2.65 bits per heavy atom. The van der Waals surface area contributed by atoms with Crippen LogP contribution in [-0.4, -0.2) is 66.9 Å². The standard InChI is InChI=1S/C14H18N2O4/c17-8-7-15-3-5-16(6-4-15)14(18)11-1-2-12-13(9-11)20-10-19-12/h1-2,9,17H,3-8,10H2. The van der Waals surface area contributed by atoms with Gasteiger partial charge in [0, 0.05) is 38.3 Å². The van der Waals surface area contributed by atoms with E-state index in [0.717, 1.165) is 13.1 Å². The number of amides is 1. The van der Waals surface area contributed by atoms with Crippen LogP contribution in [0.2, 0.25) is 0 Å². The molecule has 0 aromatic heterocycles. The number of hydrogen-bond acceptors (Lipinski definition) is 5. The van der Waals surface area contributed by atoms with Crippen molar-refractivity contribution in [2.75, 3.05) is 46.1 Å². The summed E-state index contributed by atoms with van der Waals surface area (Å²) in [7, 11) is 0. The number of aliphatic hydroxyl groups excluding tert-OH is 1. The van der Waals surface area contributed by atoms with Gasteiger partial charge in [-0.2, -0.15) is 0 Å². The largest absolute Gasteiger partial charge is 0.454 e. The maximum absolute atomic E-state index is 12.4. The zero-order valence-corrected chi connectivity index (χ0v) is 11.2. The van der Waals surface area contributed by atoms with Crippen molar-refractivity contribution in [2.45, 2.75) is 0 Å². The van der Waals surface area contributed by atoms with Crippen molar-refractivity contribution in [2.24, 2.45) is 0 Å². The highest BCUT2D eigenvalue weighted by Gasteiger charge is 2.23. The Morgan fingerprint density at radius 1 is 1.15 bits per heavy atom. The molecule has 2 aliphatic rings. The number of aliphatic hydroxyl groups is 1. The second-order valence-electron chi connectivity index (χ2n) is 4.93. The highest BCUT2D eigenvalue weighted by Crippen LogP contribution is 2.32. The van der Waals surface area contributed by atoms with Crippen LogP contribution in [0.4, 0.5) is 0 Å². The molecule has 1 aromatic carbocycles. The van der Waals surface area contributed by atoms with Crippen LogP contribution in [0.15, 0.2) is 18.2 Å². The number of nitrogens with zero attached hydrogens (tertiary/aromatic N) is 2. The van der Waals surface area contributed by atoms with Crippen LogP contribution in [0.1, 0.15) is 10.4 Å². The number of piperazine rings is 1. The van der Waals surface area contributed by atoms with Gasteiger partial charge in [0.15, 0.2) is 11.5 Å². The van der Waals surface area contributed by atoms with Crippen LogP contribution in [0.5, 0.6) is 11.5 Å². The fourth-order valence-electron chi connectivity index (χ4n) is 2.53. The number of benzene rings is 1. The van der Waals surface area contributed by atoms with Crippen LogP contribution >= 0.6 is 0 Å². The van der Waals surface area contributed by atoms with Crippen LogP contribution in [-0.2, 0) is 0 Å². The third-order valence-corrected chi connectivity index (χ3v) is 3.70. The first-order chi connectivity index (χ1) is 9.78. The molecule has 1 aromatic rings. The van der Waals surface area contributed by atoms with Crippen LogP contribution in [0, 0.1) is 0 Å². The Balaban J connectivity index is 1.65. The average Bonchev–Trinajstić information content (AvgIpc) is 2.95. The van der Waals surface area contributed by atoms with Gasteiger partial charge >= 0.3 is 0 Å². The zero-order valence-electron chi connectivity index (χ0n) is 11.2. The molecule has 0 saturated carbocycles. The van der Waals surface area contributed by atoms with E-state index in [-0.39, 0.29) is 19.3 Å². The van der Waals surface area contributed by atoms with E-state index >= 15 is 0 Å². The summed E-state index contributed by atoms with van der Waals surface area (Å²) in [6.45, 7) is 4.03. The molecular formula is C14H18N2O4. The van der Waals surface area contributed by atoms with Crippen molar-refractivity contribution in [1.29, 1.82) is 0 Å². The van der Waals surface area contributed by atoms with Gasteiger partial charge in [-0.05, 0) is 18.2 Å². The molecule has 1 saturated heterocycles. The third-order valence-electron chi connectivity index (χ3n) is 3.70. The maximum Gasteiger partial charge on any atom is 0.254 e. The van der Waals surface area contributed by atoms with Gasteiger partial charge in [-0.15, -0.1) is 0 Å². The topological polar surface area (TPSA) is 62.2 Å². The molecule has 0 radical (unpaired) electrons. The van der Waals surface area contributed by atoms with E-state index in [2.05, 4.69) is 4.90 Å². The smallest absolute Gasteiger partial charge is 0.254 e. The first-order valence-electron chi connectivity index (χ1n) is 6.80. The highest BCUT2D eigenvalue weighted by molar-refractivity contribution is 5.95. The highest BCUT2D eigenvalue weighted by atomic mass is 16.7. The summed E-state index contributed by atoms with van der Waals surface area (Å²) in [5, 5.41) is 8.91. The lowest BCUT2D eigenvalue weighted by molar-refractivity contribution is 0.0614. The van der Waals surface area contributed by atoms with E-state index in [9.17, 15) is 4.79 Å². The van der Waals surface area contributed by atoms with Gasteiger partial charge in [0.1, 0.15) is 0 Å². The summed E-state index contributed by atoms with van der Waals surface area (Å²) in [6, 6.07) is 5.29. The van der Waals surface area contributed by atoms with Crippen molar-refractivity contribution in [3.05, 3.63) is 23.8 Å². The van der Waals surface area contributed by atoms with Gasteiger partial charge < -0.3 is 19.5 Å². The molecular weight excluding hydrogens is 260 g/mol. The quantitative estimate of drug-likeness (QED) is 0.853. The van der Waals surface area contributed by atoms with Gasteiger partial charge in [-0.3, -0.25) is 9.69 Å². The van der Waals surface area contributed by atoms with Crippen molar-refractivity contribution in [1.82, 2.24) is 9.80 Å². The summed E-state index contributed by atoms with van der Waals surface area (Å²) < 4.78 is 10.5. The predicted molar refractivity (Wildman–Crippen MR) is 72.0 cm³/mol. The molecule has 6 nitrogen and oxygen atoms in total. The molecule has 0 atom stereocenters. The van der Waals surface area contributed by atoms with Gasteiger partial charge in [-0.25, -0.2) is 0 Å². The number of β-amino-alcohol motifs (C(OH)–C–C–N with tert-alkyl or cyclic N) is 1. The van der Waals surface area contributed by atoms with E-state index in [1.54, 1.807) is 18.2 Å². The zero-order chi connectivity index (χ0) is 13.9. The minimum Gasteiger partial charge on any atom is -0.454 e. The monoisotopic (exact) mass is 278 g/mol. The fourth-order valence-corrected chi connectivity index (χ4v) is 2.53. The fraction of sp³-hybridized carbons (Fsp3) is 0.500. The van der Waals surface area contributed by atoms with Crippen molar-refractivity contribution >= 4 is 5.91 Å². The Labute approximate surface area is 117 Å². The average molecular weight is 278 g/mol. The maximum atomic E-state index is 12.4. The summed E-state index contributed by atoms with van der Waals surface area (Å²) in [6.07, 6.45) is 0. The number of rotatable bonds is 3. The number of carbonyl (C=O) groups is 1. The minimum absolute atomic E-state index is 0.0203. The Hall–Kier alpha value is -1.79. The molecule has 108 valence electrons. The first-order valence-corrected chi connectivity index (χ1v) is 6.80. The van der Waals surface area contributed by atoms with Gasteiger partial charge in [0.25, 0.3) is 5.91 Å². The Bertz CT molecular complexity index is 498. The predicted octanol–water partition coefficient (Wildman–Crippen LogP) is 0.165. The molecule has 2 aliphatic heterocycles. The summed E-state index contributed by atoms with van der Waals surface area (Å²) >= 11 is 0. The number of hydrogen-bond donors (Lipinski definition) is 1. The van der Waals surface area contributed by atoms with E-state index < -0.39 is 0 Å². The van der Waals surface area contributed by atoms with Crippen LogP contribution in [0.3, 0.4) is 0 Å². The van der Waals surface area contributed by atoms with Crippen molar-refractivity contribution in [3.63, 3.8) is 0 Å². The lowest BCUT2D eigenvalue weighted by Crippen LogP contribution is -2.49. The molecule has 6 heteroatoms. The molecule has 0 bridgehead atoms. The lowest BCUT2D eigenvalue weighted by Gasteiger charge is -2.34. The van der Waals surface area contributed by atoms with Gasteiger partial charge in [0.05, 0.1) is 6.61 Å². The normalized spacial score (nSPS) is 18.4. The van der Waals surface area contributed by atoms with Gasteiger partial charge in [-0.1, -0.05) is 0 Å². The number of carbonyl (C=O) groups excluding carboxylic acids is 1. The number of fused-ring (bicyclic) bond motifs is 1. The lowest BCUT2D eigenvalue weighted by atomic mass is 10.1. The van der Waals surface area contributed by atoms with Crippen LogP contribution in [0.25, 0.3) is 0 Å². The molecule has 1 fully saturated rings. The minimum atomic E-state index is 0.0203. The molecule has 2 heterocycles.